The zero-order chi connectivity index (χ0) is 17.2. The van der Waals surface area contributed by atoms with Gasteiger partial charge in [0.25, 0.3) is 5.56 Å². The van der Waals surface area contributed by atoms with Crippen LogP contribution >= 0.6 is 0 Å². The van der Waals surface area contributed by atoms with Crippen molar-refractivity contribution in [2.45, 2.75) is 6.42 Å². The highest BCUT2D eigenvalue weighted by atomic mass is 16.3. The Morgan fingerprint density at radius 2 is 1.80 bits per heavy atom. The van der Waals surface area contributed by atoms with Crippen LogP contribution in [-0.2, 0) is 6.42 Å². The van der Waals surface area contributed by atoms with Crippen molar-refractivity contribution in [3.8, 4) is 11.4 Å². The highest BCUT2D eigenvalue weighted by Gasteiger charge is 2.14. The molecule has 5 nitrogen and oxygen atoms in total. The lowest BCUT2D eigenvalue weighted by Crippen LogP contribution is -2.25. The van der Waals surface area contributed by atoms with E-state index in [1.54, 1.807) is 36.5 Å². The zero-order valence-corrected chi connectivity index (χ0v) is 13.3. The fourth-order valence-corrected chi connectivity index (χ4v) is 2.84. The molecule has 0 aliphatic heterocycles. The van der Waals surface area contributed by atoms with E-state index >= 15 is 0 Å². The van der Waals surface area contributed by atoms with Crippen LogP contribution in [0, 0.1) is 0 Å². The maximum absolute atomic E-state index is 13.1. The maximum atomic E-state index is 13.1. The number of hydrogen-bond donors (Lipinski definition) is 1. The van der Waals surface area contributed by atoms with Gasteiger partial charge in [-0.05, 0) is 29.8 Å². The molecule has 0 saturated carbocycles. The van der Waals surface area contributed by atoms with Gasteiger partial charge < -0.3 is 5.11 Å². The number of benzene rings is 2. The quantitative estimate of drug-likeness (QED) is 0.627. The SMILES string of the molecule is O=c1c(Cc2ccccc2)nc2cccnc2n1-c1cccc(O)c1. The fourth-order valence-electron chi connectivity index (χ4n) is 2.84. The van der Waals surface area contributed by atoms with Gasteiger partial charge >= 0.3 is 0 Å². The first-order valence-corrected chi connectivity index (χ1v) is 7.92. The molecular weight excluding hydrogens is 314 g/mol. The van der Waals surface area contributed by atoms with Gasteiger partial charge in [0.1, 0.15) is 17.0 Å². The Bertz CT molecular complexity index is 1100. The molecule has 4 aromatic rings. The summed E-state index contributed by atoms with van der Waals surface area (Å²) in [6.07, 6.45) is 2.06. The standard InChI is InChI=1S/C20H15N3O2/c24-16-9-4-8-15(13-16)23-19-17(10-5-11-21-19)22-18(20(23)25)12-14-6-2-1-3-7-14/h1-11,13,24H,12H2. The van der Waals surface area contributed by atoms with Crippen molar-refractivity contribution in [1.29, 1.82) is 0 Å². The number of hydrogen-bond acceptors (Lipinski definition) is 4. The lowest BCUT2D eigenvalue weighted by Gasteiger charge is -2.12. The van der Waals surface area contributed by atoms with E-state index in [0.29, 0.717) is 29.0 Å². The minimum absolute atomic E-state index is 0.0925. The zero-order valence-electron chi connectivity index (χ0n) is 13.3. The summed E-state index contributed by atoms with van der Waals surface area (Å²) in [6.45, 7) is 0. The number of pyridine rings is 1. The Morgan fingerprint density at radius 1 is 0.960 bits per heavy atom. The molecule has 4 rings (SSSR count). The van der Waals surface area contributed by atoms with Gasteiger partial charge in [0, 0.05) is 18.7 Å². The lowest BCUT2D eigenvalue weighted by molar-refractivity contribution is 0.475. The average molecular weight is 329 g/mol. The van der Waals surface area contributed by atoms with Gasteiger partial charge in [0.2, 0.25) is 0 Å². The number of fused-ring (bicyclic) bond motifs is 1. The Labute approximate surface area is 143 Å². The molecule has 0 radical (unpaired) electrons. The maximum Gasteiger partial charge on any atom is 0.278 e. The smallest absolute Gasteiger partial charge is 0.278 e. The summed E-state index contributed by atoms with van der Waals surface area (Å²) in [5.74, 6) is 0.0925. The number of aromatic hydroxyl groups is 1. The van der Waals surface area contributed by atoms with E-state index in [9.17, 15) is 9.90 Å². The summed E-state index contributed by atoms with van der Waals surface area (Å²) in [6, 6.07) is 19.9. The Balaban J connectivity index is 1.97. The second kappa shape index (κ2) is 6.20. The third-order valence-electron chi connectivity index (χ3n) is 3.99. The Kier molecular flexibility index (Phi) is 3.74. The predicted octanol–water partition coefficient (Wildman–Crippen LogP) is 3.08. The molecule has 0 unspecified atom stereocenters. The van der Waals surface area contributed by atoms with E-state index in [2.05, 4.69) is 9.97 Å². The molecule has 2 aromatic heterocycles. The van der Waals surface area contributed by atoms with Crippen LogP contribution in [0.15, 0.2) is 77.7 Å². The van der Waals surface area contributed by atoms with Gasteiger partial charge in [-0.2, -0.15) is 0 Å². The van der Waals surface area contributed by atoms with Crippen LogP contribution in [0.25, 0.3) is 16.9 Å². The van der Waals surface area contributed by atoms with Gasteiger partial charge in [-0.15, -0.1) is 0 Å². The van der Waals surface area contributed by atoms with E-state index in [1.165, 1.54) is 4.57 Å². The number of phenolic OH excluding ortho intramolecular Hbond substituents is 1. The Morgan fingerprint density at radius 3 is 2.60 bits per heavy atom. The molecule has 2 heterocycles. The molecule has 0 spiro atoms. The van der Waals surface area contributed by atoms with E-state index < -0.39 is 0 Å². The van der Waals surface area contributed by atoms with Crippen LogP contribution in [-0.4, -0.2) is 19.6 Å². The fraction of sp³-hybridized carbons (Fsp3) is 0.0500. The van der Waals surface area contributed by atoms with Gasteiger partial charge in [-0.3, -0.25) is 9.36 Å². The number of nitrogens with zero attached hydrogens (tertiary/aromatic N) is 3. The number of aromatic nitrogens is 3. The molecule has 0 bridgehead atoms. The van der Waals surface area contributed by atoms with Crippen molar-refractivity contribution in [3.63, 3.8) is 0 Å². The van der Waals surface area contributed by atoms with E-state index in [0.717, 1.165) is 5.56 Å². The summed E-state index contributed by atoms with van der Waals surface area (Å²) in [5, 5.41) is 9.79. The van der Waals surface area contributed by atoms with E-state index in [4.69, 9.17) is 0 Å². The van der Waals surface area contributed by atoms with Crippen LogP contribution in [0.3, 0.4) is 0 Å². The lowest BCUT2D eigenvalue weighted by atomic mass is 10.1. The van der Waals surface area contributed by atoms with Gasteiger partial charge in [0.05, 0.1) is 5.69 Å². The second-order valence-electron chi connectivity index (χ2n) is 5.73. The van der Waals surface area contributed by atoms with Crippen LogP contribution in [0.2, 0.25) is 0 Å². The van der Waals surface area contributed by atoms with Crippen molar-refractivity contribution in [3.05, 3.63) is 94.5 Å². The summed E-state index contributed by atoms with van der Waals surface area (Å²) >= 11 is 0. The van der Waals surface area contributed by atoms with Crippen molar-refractivity contribution in [1.82, 2.24) is 14.5 Å². The molecule has 0 aliphatic carbocycles. The molecule has 122 valence electrons. The minimum Gasteiger partial charge on any atom is -0.508 e. The topological polar surface area (TPSA) is 68.0 Å². The largest absolute Gasteiger partial charge is 0.508 e. The van der Waals surface area contributed by atoms with Crippen LogP contribution in [0.4, 0.5) is 0 Å². The summed E-state index contributed by atoms with van der Waals surface area (Å²) in [7, 11) is 0. The van der Waals surface area contributed by atoms with Gasteiger partial charge in [0.15, 0.2) is 5.65 Å². The molecule has 0 aliphatic rings. The van der Waals surface area contributed by atoms with Crippen LogP contribution in [0.1, 0.15) is 11.3 Å². The summed E-state index contributed by atoms with van der Waals surface area (Å²) in [4.78, 5) is 21.9. The first-order chi connectivity index (χ1) is 12.2. The summed E-state index contributed by atoms with van der Waals surface area (Å²) in [5.41, 5.74) is 2.88. The molecule has 5 heteroatoms. The highest BCUT2D eigenvalue weighted by molar-refractivity contribution is 5.72. The number of phenols is 1. The first-order valence-electron chi connectivity index (χ1n) is 7.92. The monoisotopic (exact) mass is 329 g/mol. The molecular formula is C20H15N3O2. The average Bonchev–Trinajstić information content (AvgIpc) is 2.63. The molecule has 1 N–H and O–H groups in total. The van der Waals surface area contributed by atoms with Crippen molar-refractivity contribution in [2.24, 2.45) is 0 Å². The Hall–Kier alpha value is -3.47. The van der Waals surface area contributed by atoms with Crippen molar-refractivity contribution < 1.29 is 5.11 Å². The molecule has 0 saturated heterocycles. The van der Waals surface area contributed by atoms with E-state index in [-0.39, 0.29) is 11.3 Å². The van der Waals surface area contributed by atoms with Crippen LogP contribution in [0.5, 0.6) is 5.75 Å². The molecule has 0 atom stereocenters. The van der Waals surface area contributed by atoms with E-state index in [1.807, 2.05) is 36.4 Å². The van der Waals surface area contributed by atoms with Crippen molar-refractivity contribution in [2.75, 3.05) is 0 Å². The highest BCUT2D eigenvalue weighted by Crippen LogP contribution is 2.18. The number of rotatable bonds is 3. The molecule has 25 heavy (non-hydrogen) atoms. The van der Waals surface area contributed by atoms with Crippen LogP contribution < -0.4 is 5.56 Å². The molecule has 0 fully saturated rings. The second-order valence-corrected chi connectivity index (χ2v) is 5.73. The minimum atomic E-state index is -0.236. The van der Waals surface area contributed by atoms with Crippen molar-refractivity contribution >= 4 is 11.2 Å². The molecule has 2 aromatic carbocycles. The predicted molar refractivity (Wildman–Crippen MR) is 96.0 cm³/mol. The van der Waals surface area contributed by atoms with Gasteiger partial charge in [-0.1, -0.05) is 36.4 Å². The third kappa shape index (κ3) is 2.87. The van der Waals surface area contributed by atoms with Gasteiger partial charge in [-0.25, -0.2) is 9.97 Å². The molecule has 0 amide bonds. The third-order valence-corrected chi connectivity index (χ3v) is 3.99. The summed E-state index contributed by atoms with van der Waals surface area (Å²) < 4.78 is 1.50. The normalized spacial score (nSPS) is 10.9. The first kappa shape index (κ1) is 15.1.